The van der Waals surface area contributed by atoms with Gasteiger partial charge in [-0.2, -0.15) is 5.10 Å². The lowest BCUT2D eigenvalue weighted by Gasteiger charge is -2.18. The zero-order valence-corrected chi connectivity index (χ0v) is 11.7. The monoisotopic (exact) mass is 291 g/mol. The van der Waals surface area contributed by atoms with Crippen molar-refractivity contribution < 1.29 is 4.79 Å². The molecule has 0 fully saturated rings. The van der Waals surface area contributed by atoms with Gasteiger partial charge in [0.2, 0.25) is 0 Å². The molecule has 0 unspecified atom stereocenters. The van der Waals surface area contributed by atoms with Crippen LogP contribution in [0.1, 0.15) is 0 Å². The molecule has 0 radical (unpaired) electrons. The summed E-state index contributed by atoms with van der Waals surface area (Å²) in [6.45, 7) is 1.57. The van der Waals surface area contributed by atoms with Gasteiger partial charge in [0.15, 0.2) is 5.82 Å². The van der Waals surface area contributed by atoms with E-state index < -0.39 is 0 Å². The van der Waals surface area contributed by atoms with Gasteiger partial charge in [-0.25, -0.2) is 9.48 Å². The molecule has 2 N–H and O–H groups in total. The third-order valence-corrected chi connectivity index (χ3v) is 3.50. The Bertz CT molecular complexity index is 654. The van der Waals surface area contributed by atoms with Crippen LogP contribution in [0.4, 0.5) is 22.1 Å². The van der Waals surface area contributed by atoms with E-state index in [9.17, 15) is 4.79 Å². The fourth-order valence-electron chi connectivity index (χ4n) is 2.25. The number of fused-ring (bicyclic) bond motifs is 1. The minimum Gasteiger partial charge on any atom is -0.341 e. The standard InChI is InChI=1S/C13H14ClN5O/c1-15-13(20)16-11-8-12-18(6-7-19(12)17-11)10-5-3-2-4-9(10)14/h2-5,8H,6-7H2,1H3,(H2,15,16,17,20). The molecule has 0 saturated carbocycles. The fraction of sp³-hybridized carbons (Fsp3) is 0.231. The van der Waals surface area contributed by atoms with E-state index in [1.807, 2.05) is 35.0 Å². The molecule has 2 aromatic rings. The van der Waals surface area contributed by atoms with E-state index in [0.717, 1.165) is 24.6 Å². The Labute approximate surface area is 121 Å². The van der Waals surface area contributed by atoms with Crippen molar-refractivity contribution in [3.05, 3.63) is 35.4 Å². The number of anilines is 3. The highest BCUT2D eigenvalue weighted by atomic mass is 35.5. The van der Waals surface area contributed by atoms with E-state index in [1.54, 1.807) is 7.05 Å². The van der Waals surface area contributed by atoms with E-state index in [-0.39, 0.29) is 6.03 Å². The number of carbonyl (C=O) groups is 1. The Morgan fingerprint density at radius 3 is 2.90 bits per heavy atom. The number of halogens is 1. The number of rotatable bonds is 2. The van der Waals surface area contributed by atoms with Crippen LogP contribution >= 0.6 is 11.6 Å². The number of carbonyl (C=O) groups excluding carboxylic acids is 1. The van der Waals surface area contributed by atoms with Crippen LogP contribution in [0.2, 0.25) is 5.02 Å². The van der Waals surface area contributed by atoms with Gasteiger partial charge >= 0.3 is 6.03 Å². The van der Waals surface area contributed by atoms with Crippen molar-refractivity contribution in [1.82, 2.24) is 15.1 Å². The predicted molar refractivity (Wildman–Crippen MR) is 78.8 cm³/mol. The summed E-state index contributed by atoms with van der Waals surface area (Å²) < 4.78 is 1.86. The van der Waals surface area contributed by atoms with Gasteiger partial charge in [-0.1, -0.05) is 23.7 Å². The van der Waals surface area contributed by atoms with E-state index in [0.29, 0.717) is 10.8 Å². The van der Waals surface area contributed by atoms with Crippen molar-refractivity contribution in [2.75, 3.05) is 23.8 Å². The molecule has 7 heteroatoms. The van der Waals surface area contributed by atoms with Gasteiger partial charge < -0.3 is 10.2 Å². The van der Waals surface area contributed by atoms with Gasteiger partial charge in [-0.15, -0.1) is 0 Å². The fourth-order valence-corrected chi connectivity index (χ4v) is 2.49. The zero-order chi connectivity index (χ0) is 14.1. The second-order valence-electron chi connectivity index (χ2n) is 4.42. The van der Waals surface area contributed by atoms with Gasteiger partial charge in [-0.05, 0) is 12.1 Å². The minimum atomic E-state index is -0.286. The Balaban J connectivity index is 1.90. The molecule has 0 aliphatic carbocycles. The van der Waals surface area contributed by atoms with Crippen LogP contribution in [0, 0.1) is 0 Å². The molecule has 20 heavy (non-hydrogen) atoms. The number of para-hydroxylation sites is 1. The molecule has 104 valence electrons. The Kier molecular flexibility index (Phi) is 3.23. The number of aromatic nitrogens is 2. The van der Waals surface area contributed by atoms with Crippen molar-refractivity contribution in [3.63, 3.8) is 0 Å². The number of hydrogen-bond acceptors (Lipinski definition) is 3. The van der Waals surface area contributed by atoms with Gasteiger partial charge in [-0.3, -0.25) is 5.32 Å². The zero-order valence-electron chi connectivity index (χ0n) is 10.9. The van der Waals surface area contributed by atoms with Crippen LogP contribution in [0.25, 0.3) is 0 Å². The molecule has 2 heterocycles. The molecular formula is C13H14ClN5O. The van der Waals surface area contributed by atoms with Gasteiger partial charge in [0.25, 0.3) is 0 Å². The van der Waals surface area contributed by atoms with Gasteiger partial charge in [0.1, 0.15) is 5.82 Å². The second-order valence-corrected chi connectivity index (χ2v) is 4.83. The molecule has 3 rings (SSSR count). The van der Waals surface area contributed by atoms with E-state index >= 15 is 0 Å². The molecule has 0 spiro atoms. The normalized spacial score (nSPS) is 13.2. The number of benzene rings is 1. The molecular weight excluding hydrogens is 278 g/mol. The van der Waals surface area contributed by atoms with Crippen molar-refractivity contribution >= 4 is 35.0 Å². The molecule has 1 aliphatic heterocycles. The summed E-state index contributed by atoms with van der Waals surface area (Å²) in [6.07, 6.45) is 0. The first-order valence-corrected chi connectivity index (χ1v) is 6.65. The molecule has 1 aromatic carbocycles. The summed E-state index contributed by atoms with van der Waals surface area (Å²) in [7, 11) is 1.56. The highest BCUT2D eigenvalue weighted by molar-refractivity contribution is 6.33. The maximum Gasteiger partial charge on any atom is 0.320 e. The summed E-state index contributed by atoms with van der Waals surface area (Å²) in [4.78, 5) is 13.4. The minimum absolute atomic E-state index is 0.286. The number of nitrogens with one attached hydrogen (secondary N) is 2. The molecule has 0 atom stereocenters. The summed E-state index contributed by atoms with van der Waals surface area (Å²) in [6, 6.07) is 9.23. The summed E-state index contributed by atoms with van der Waals surface area (Å²) in [5, 5.41) is 10.2. The number of nitrogens with zero attached hydrogens (tertiary/aromatic N) is 3. The molecule has 0 bridgehead atoms. The van der Waals surface area contributed by atoms with Crippen LogP contribution in [-0.4, -0.2) is 29.4 Å². The van der Waals surface area contributed by atoms with Crippen molar-refractivity contribution in [1.29, 1.82) is 0 Å². The third kappa shape index (κ3) is 2.18. The van der Waals surface area contributed by atoms with Crippen LogP contribution in [0.5, 0.6) is 0 Å². The smallest absolute Gasteiger partial charge is 0.320 e. The lowest BCUT2D eigenvalue weighted by atomic mass is 10.3. The topological polar surface area (TPSA) is 62.2 Å². The van der Waals surface area contributed by atoms with Crippen LogP contribution in [-0.2, 0) is 6.54 Å². The maximum absolute atomic E-state index is 11.3. The van der Waals surface area contributed by atoms with Crippen LogP contribution in [0.3, 0.4) is 0 Å². The quantitative estimate of drug-likeness (QED) is 0.893. The highest BCUT2D eigenvalue weighted by Crippen LogP contribution is 2.35. The Hall–Kier alpha value is -2.21. The molecule has 2 amide bonds. The Morgan fingerprint density at radius 2 is 2.15 bits per heavy atom. The van der Waals surface area contributed by atoms with Crippen LogP contribution < -0.4 is 15.5 Å². The highest BCUT2D eigenvalue weighted by Gasteiger charge is 2.24. The number of urea groups is 1. The average Bonchev–Trinajstić information content (AvgIpc) is 2.99. The average molecular weight is 292 g/mol. The maximum atomic E-state index is 11.3. The third-order valence-electron chi connectivity index (χ3n) is 3.18. The largest absolute Gasteiger partial charge is 0.341 e. The van der Waals surface area contributed by atoms with E-state index in [1.165, 1.54) is 0 Å². The first-order valence-electron chi connectivity index (χ1n) is 6.27. The van der Waals surface area contributed by atoms with Crippen molar-refractivity contribution in [3.8, 4) is 0 Å². The van der Waals surface area contributed by atoms with Crippen molar-refractivity contribution in [2.24, 2.45) is 0 Å². The lowest BCUT2D eigenvalue weighted by molar-refractivity contribution is 0.254. The molecule has 0 saturated heterocycles. The van der Waals surface area contributed by atoms with Gasteiger partial charge in [0.05, 0.1) is 17.3 Å². The number of hydrogen-bond donors (Lipinski definition) is 2. The summed E-state index contributed by atoms with van der Waals surface area (Å²) in [5.41, 5.74) is 0.944. The molecule has 1 aromatic heterocycles. The predicted octanol–water partition coefficient (Wildman–Crippen LogP) is 2.44. The van der Waals surface area contributed by atoms with Crippen molar-refractivity contribution in [2.45, 2.75) is 6.54 Å². The first kappa shape index (κ1) is 12.8. The Morgan fingerprint density at radius 1 is 1.35 bits per heavy atom. The van der Waals surface area contributed by atoms with Gasteiger partial charge in [0, 0.05) is 19.7 Å². The van der Waals surface area contributed by atoms with E-state index in [4.69, 9.17) is 11.6 Å². The van der Waals surface area contributed by atoms with Crippen LogP contribution in [0.15, 0.2) is 30.3 Å². The summed E-state index contributed by atoms with van der Waals surface area (Å²) >= 11 is 6.23. The SMILES string of the molecule is CNC(=O)Nc1cc2n(n1)CCN2c1ccccc1Cl. The molecule has 6 nitrogen and oxygen atoms in total. The first-order chi connectivity index (χ1) is 9.69. The summed E-state index contributed by atoms with van der Waals surface area (Å²) in [5.74, 6) is 1.45. The second kappa shape index (κ2) is 5.05. The van der Waals surface area contributed by atoms with E-state index in [2.05, 4.69) is 20.6 Å². The molecule has 1 aliphatic rings. The lowest BCUT2D eigenvalue weighted by Crippen LogP contribution is -2.24. The number of amides is 2.